The van der Waals surface area contributed by atoms with Gasteiger partial charge in [-0.1, -0.05) is 0 Å². The molecule has 2 saturated heterocycles. The van der Waals surface area contributed by atoms with E-state index in [0.717, 1.165) is 0 Å². The first-order valence-corrected chi connectivity index (χ1v) is 13.3. The monoisotopic (exact) mass is 609 g/mol. The highest BCUT2D eigenvalue weighted by Gasteiger charge is 2.51. The predicted molar refractivity (Wildman–Crippen MR) is 143 cm³/mol. The van der Waals surface area contributed by atoms with Crippen LogP contribution in [0.4, 0.5) is 0 Å². The van der Waals surface area contributed by atoms with E-state index in [1.54, 1.807) is 6.07 Å². The smallest absolute Gasteiger partial charge is 0.374 e. The summed E-state index contributed by atoms with van der Waals surface area (Å²) in [6.07, 6.45) is -17.4. The zero-order valence-corrected chi connectivity index (χ0v) is 22.6. The van der Waals surface area contributed by atoms with Gasteiger partial charge in [-0.25, -0.2) is 4.42 Å². The van der Waals surface area contributed by atoms with E-state index in [0.29, 0.717) is 5.56 Å². The lowest BCUT2D eigenvalue weighted by Crippen LogP contribution is -2.55. The van der Waals surface area contributed by atoms with Crippen LogP contribution in [0.2, 0.25) is 0 Å². The van der Waals surface area contributed by atoms with E-state index in [1.165, 1.54) is 31.4 Å². The minimum Gasteiger partial charge on any atom is -0.507 e. The molecule has 2 aliphatic heterocycles. The van der Waals surface area contributed by atoms with E-state index in [-0.39, 0.29) is 28.2 Å². The summed E-state index contributed by atoms with van der Waals surface area (Å²) in [5, 5.41) is 116. The van der Waals surface area contributed by atoms with Gasteiger partial charge in [0.05, 0.1) is 31.5 Å². The Morgan fingerprint density at radius 2 is 1.26 bits per heavy atom. The summed E-state index contributed by atoms with van der Waals surface area (Å²) in [6.45, 7) is -1.60. The van der Waals surface area contributed by atoms with Gasteiger partial charge < -0.3 is 70.4 Å². The van der Waals surface area contributed by atoms with Gasteiger partial charge in [-0.3, -0.25) is 0 Å². The maximum atomic E-state index is 11.6. The number of aromatic hydroxyl groups is 3. The fourth-order valence-corrected chi connectivity index (χ4v) is 5.54. The molecule has 0 bridgehead atoms. The van der Waals surface area contributed by atoms with Crippen LogP contribution >= 0.6 is 0 Å². The van der Waals surface area contributed by atoms with Gasteiger partial charge in [0, 0.05) is 12.1 Å². The fraction of sp³-hybridized carbons (Fsp3) is 0.464. The highest BCUT2D eigenvalue weighted by atomic mass is 16.6. The Labute approximate surface area is 243 Å². The molecule has 15 heteroatoms. The van der Waals surface area contributed by atoms with Crippen LogP contribution in [-0.4, -0.2) is 125 Å². The van der Waals surface area contributed by atoms with Gasteiger partial charge >= 0.3 is 11.3 Å². The second-order valence-electron chi connectivity index (χ2n) is 10.5. The van der Waals surface area contributed by atoms with Gasteiger partial charge in [0.1, 0.15) is 83.5 Å². The van der Waals surface area contributed by atoms with Crippen molar-refractivity contribution < 1.29 is 74.8 Å². The summed E-state index contributed by atoms with van der Waals surface area (Å²) in [5.74, 6) is -1.58. The second kappa shape index (κ2) is 12.0. The van der Waals surface area contributed by atoms with Crippen molar-refractivity contribution in [2.24, 2.45) is 0 Å². The number of rotatable bonds is 6. The summed E-state index contributed by atoms with van der Waals surface area (Å²) >= 11 is 0. The number of hydrogen-bond acceptors (Lipinski definition) is 14. The van der Waals surface area contributed by atoms with Gasteiger partial charge in [0.25, 0.3) is 0 Å². The third-order valence-corrected chi connectivity index (χ3v) is 7.94. The molecule has 234 valence electrons. The zero-order valence-electron chi connectivity index (χ0n) is 22.6. The molecular weight excluding hydrogens is 576 g/mol. The molecule has 0 spiro atoms. The molecule has 0 saturated carbocycles. The average Bonchev–Trinajstić information content (AvgIpc) is 3.00. The normalized spacial score (nSPS) is 33.0. The molecule has 0 amide bonds. The minimum absolute atomic E-state index is 0.0793. The van der Waals surface area contributed by atoms with Gasteiger partial charge in [0.15, 0.2) is 11.5 Å². The Balaban J connectivity index is 1.77. The number of benzene rings is 2. The number of hydrogen-bond donors (Lipinski definition) is 11. The summed E-state index contributed by atoms with van der Waals surface area (Å²) in [7, 11) is 1.36. The number of methoxy groups -OCH3 is 1. The number of phenols is 3. The number of aliphatic hydroxyl groups excluding tert-OH is 8. The first-order valence-electron chi connectivity index (χ1n) is 13.3. The Bertz CT molecular complexity index is 1480. The third-order valence-electron chi connectivity index (χ3n) is 7.94. The van der Waals surface area contributed by atoms with E-state index < -0.39 is 96.9 Å². The maximum Gasteiger partial charge on any atom is 0.374 e. The van der Waals surface area contributed by atoms with Crippen LogP contribution in [0.15, 0.2) is 34.7 Å². The zero-order chi connectivity index (χ0) is 31.3. The van der Waals surface area contributed by atoms with E-state index in [1.807, 2.05) is 0 Å². The lowest BCUT2D eigenvalue weighted by molar-refractivity contribution is -0.234. The van der Waals surface area contributed by atoms with Gasteiger partial charge in [0.2, 0.25) is 0 Å². The third kappa shape index (κ3) is 5.12. The Morgan fingerprint density at radius 3 is 1.77 bits per heavy atom. The minimum atomic E-state index is -1.94. The molecule has 1 aromatic heterocycles. The van der Waals surface area contributed by atoms with Crippen LogP contribution in [0.3, 0.4) is 0 Å². The summed E-state index contributed by atoms with van der Waals surface area (Å²) in [4.78, 5) is 0. The standard InChI is InChI=1S/C28H32O15/c1-40-13-4-2-9(6-11(13)31)12-5-3-10-18(32)16(27-24(38)22(36)19(33)14(7-29)42-27)21(35)17(26(10)41-12)28-25(39)23(37)20(34)15(8-30)43-28/h2-6,14-15,19-20,22-25,27-30,33-34,36-39H,7-8H2,1H3,(H2-,31,32,35)/p+1/t14-,15-,19-,20-,22+,23+,24-,25-,27+,28+/m1/s1. The number of ether oxygens (including phenoxy) is 3. The first kappa shape index (κ1) is 31.1. The Hall–Kier alpha value is -3.35. The average molecular weight is 610 g/mol. The van der Waals surface area contributed by atoms with E-state index in [4.69, 9.17) is 18.6 Å². The maximum absolute atomic E-state index is 11.6. The molecule has 3 aromatic rings. The van der Waals surface area contributed by atoms with E-state index >= 15 is 0 Å². The van der Waals surface area contributed by atoms with Crippen molar-refractivity contribution >= 4 is 11.0 Å². The van der Waals surface area contributed by atoms with E-state index in [9.17, 15) is 56.2 Å². The quantitative estimate of drug-likeness (QED) is 0.143. The molecule has 0 unspecified atom stereocenters. The molecule has 5 rings (SSSR count). The lowest BCUT2D eigenvalue weighted by atomic mass is 9.85. The van der Waals surface area contributed by atoms with Crippen LogP contribution in [0, 0.1) is 0 Å². The summed E-state index contributed by atoms with van der Waals surface area (Å²) < 4.78 is 22.4. The lowest BCUT2D eigenvalue weighted by Gasteiger charge is -2.41. The van der Waals surface area contributed by atoms with Crippen LogP contribution < -0.4 is 4.74 Å². The molecule has 3 heterocycles. The summed E-state index contributed by atoms with van der Waals surface area (Å²) in [6, 6.07) is 7.05. The Kier molecular flexibility index (Phi) is 8.65. The number of aliphatic hydroxyl groups is 8. The van der Waals surface area contributed by atoms with Crippen molar-refractivity contribution in [3.8, 4) is 34.3 Å². The molecule has 0 radical (unpaired) electrons. The Morgan fingerprint density at radius 1 is 0.698 bits per heavy atom. The number of fused-ring (bicyclic) bond motifs is 1. The first-order chi connectivity index (χ1) is 20.4. The van der Waals surface area contributed by atoms with Crippen molar-refractivity contribution in [2.75, 3.05) is 20.3 Å². The van der Waals surface area contributed by atoms with Crippen molar-refractivity contribution in [3.05, 3.63) is 41.5 Å². The fourth-order valence-electron chi connectivity index (χ4n) is 5.54. The predicted octanol–water partition coefficient (Wildman–Crippen LogP) is -1.46. The van der Waals surface area contributed by atoms with Crippen LogP contribution in [0.25, 0.3) is 22.3 Å². The molecule has 11 N–H and O–H groups in total. The highest BCUT2D eigenvalue weighted by molar-refractivity contribution is 5.92. The van der Waals surface area contributed by atoms with Gasteiger partial charge in [-0.05, 0) is 18.2 Å². The summed E-state index contributed by atoms with van der Waals surface area (Å²) in [5.41, 5.74) is -0.935. The van der Waals surface area contributed by atoms with Gasteiger partial charge in [-0.2, -0.15) is 0 Å². The topological polar surface area (TPSA) is 262 Å². The SMILES string of the molecule is COc1ccc(-c2ccc3c(O)c([C@@H]4O[C@H](CO)[C@@H](O)[C@H](O)[C@H]4O)c(O)c([C@@H]4O[C@H](CO)[C@@H](O)[C@H](O)[C@H]4O)c3[o+]2)cc1O. The second-order valence-corrected chi connectivity index (χ2v) is 10.5. The van der Waals surface area contributed by atoms with Crippen molar-refractivity contribution in [1.29, 1.82) is 0 Å². The molecular formula is C28H33O15+. The van der Waals surface area contributed by atoms with Crippen LogP contribution in [0.1, 0.15) is 23.3 Å². The largest absolute Gasteiger partial charge is 0.507 e. The van der Waals surface area contributed by atoms with Crippen molar-refractivity contribution in [1.82, 2.24) is 0 Å². The molecule has 2 aliphatic rings. The van der Waals surface area contributed by atoms with Crippen molar-refractivity contribution in [2.45, 2.75) is 61.0 Å². The van der Waals surface area contributed by atoms with E-state index in [2.05, 4.69) is 0 Å². The highest BCUT2D eigenvalue weighted by Crippen LogP contribution is 2.51. The molecule has 15 nitrogen and oxygen atoms in total. The number of phenolic OH excluding ortho intramolecular Hbond substituents is 3. The molecule has 2 fully saturated rings. The van der Waals surface area contributed by atoms with Crippen molar-refractivity contribution in [3.63, 3.8) is 0 Å². The molecule has 10 atom stereocenters. The van der Waals surface area contributed by atoms with Crippen LogP contribution in [0.5, 0.6) is 23.0 Å². The molecule has 43 heavy (non-hydrogen) atoms. The molecule has 0 aliphatic carbocycles. The van der Waals surface area contributed by atoms with Gasteiger partial charge in [-0.15, -0.1) is 0 Å². The van der Waals surface area contributed by atoms with Crippen LogP contribution in [-0.2, 0) is 9.47 Å². The molecule has 2 aromatic carbocycles.